The molecule has 10 heteroatoms. The standard InChI is InChI=1S/C18H15ClFN3O5/c1-3-27-18(26)14-9(2)28-16-15(14)17(25)23(8-21-16)7-13(24)22-10-4-5-12(20)11(19)6-10/h4-6,8H,3,7H2,1-2H3,(H,22,24). The fourth-order valence-corrected chi connectivity index (χ4v) is 2.81. The van der Waals surface area contributed by atoms with Gasteiger partial charge in [-0.05, 0) is 32.0 Å². The highest BCUT2D eigenvalue weighted by Gasteiger charge is 2.24. The van der Waals surface area contributed by atoms with Crippen LogP contribution in [0.5, 0.6) is 0 Å². The number of furan rings is 1. The Hall–Kier alpha value is -3.20. The second-order valence-corrected chi connectivity index (χ2v) is 6.20. The number of amides is 1. The third-order valence-electron chi connectivity index (χ3n) is 3.85. The van der Waals surface area contributed by atoms with Gasteiger partial charge in [0.05, 0.1) is 11.6 Å². The van der Waals surface area contributed by atoms with E-state index in [9.17, 15) is 18.8 Å². The van der Waals surface area contributed by atoms with Gasteiger partial charge in [0.25, 0.3) is 5.56 Å². The lowest BCUT2D eigenvalue weighted by molar-refractivity contribution is -0.116. The largest absolute Gasteiger partial charge is 0.462 e. The number of esters is 1. The van der Waals surface area contributed by atoms with Crippen molar-refractivity contribution in [2.75, 3.05) is 11.9 Å². The number of anilines is 1. The van der Waals surface area contributed by atoms with Gasteiger partial charge in [-0.1, -0.05) is 11.6 Å². The highest BCUT2D eigenvalue weighted by atomic mass is 35.5. The Bertz CT molecular complexity index is 1140. The number of aromatic nitrogens is 2. The molecule has 1 N–H and O–H groups in total. The van der Waals surface area contributed by atoms with Crippen molar-refractivity contribution in [1.29, 1.82) is 0 Å². The van der Waals surface area contributed by atoms with Gasteiger partial charge in [-0.25, -0.2) is 14.2 Å². The molecule has 0 saturated heterocycles. The lowest BCUT2D eigenvalue weighted by Crippen LogP contribution is -2.28. The van der Waals surface area contributed by atoms with E-state index in [1.165, 1.54) is 19.1 Å². The van der Waals surface area contributed by atoms with Gasteiger partial charge in [0, 0.05) is 5.69 Å². The Labute approximate surface area is 162 Å². The van der Waals surface area contributed by atoms with E-state index in [1.807, 2.05) is 0 Å². The van der Waals surface area contributed by atoms with Crippen LogP contribution in [0.1, 0.15) is 23.0 Å². The van der Waals surface area contributed by atoms with E-state index >= 15 is 0 Å². The number of rotatable bonds is 5. The molecule has 0 aliphatic heterocycles. The summed E-state index contributed by atoms with van der Waals surface area (Å²) in [6, 6.07) is 3.69. The van der Waals surface area contributed by atoms with Crippen molar-refractivity contribution in [3.63, 3.8) is 0 Å². The van der Waals surface area contributed by atoms with E-state index < -0.39 is 23.3 Å². The van der Waals surface area contributed by atoms with Gasteiger partial charge in [-0.2, -0.15) is 0 Å². The van der Waals surface area contributed by atoms with Crippen LogP contribution in [0.4, 0.5) is 10.1 Å². The molecule has 0 saturated carbocycles. The molecule has 0 aliphatic carbocycles. The number of nitrogens with zero attached hydrogens (tertiary/aromatic N) is 2. The van der Waals surface area contributed by atoms with Crippen LogP contribution >= 0.6 is 11.6 Å². The molecule has 0 radical (unpaired) electrons. The Kier molecular flexibility index (Phi) is 5.46. The SMILES string of the molecule is CCOC(=O)c1c(C)oc2ncn(CC(=O)Nc3ccc(F)c(Cl)c3)c(=O)c12. The van der Waals surface area contributed by atoms with Crippen molar-refractivity contribution in [3.8, 4) is 0 Å². The van der Waals surface area contributed by atoms with E-state index in [1.54, 1.807) is 6.92 Å². The molecule has 2 heterocycles. The molecule has 28 heavy (non-hydrogen) atoms. The molecule has 0 bridgehead atoms. The zero-order valence-corrected chi connectivity index (χ0v) is 15.7. The van der Waals surface area contributed by atoms with Crippen LogP contribution in [-0.4, -0.2) is 28.0 Å². The summed E-state index contributed by atoms with van der Waals surface area (Å²) in [5, 5.41) is 2.30. The number of hydrogen-bond donors (Lipinski definition) is 1. The van der Waals surface area contributed by atoms with Crippen LogP contribution in [0.15, 0.2) is 33.7 Å². The summed E-state index contributed by atoms with van der Waals surface area (Å²) in [7, 11) is 0. The molecule has 0 aliphatic rings. The van der Waals surface area contributed by atoms with Crippen LogP contribution in [-0.2, 0) is 16.1 Å². The molecule has 3 rings (SSSR count). The number of benzene rings is 1. The van der Waals surface area contributed by atoms with Gasteiger partial charge in [-0.15, -0.1) is 0 Å². The van der Waals surface area contributed by atoms with Crippen LogP contribution in [0, 0.1) is 12.7 Å². The molecule has 3 aromatic rings. The van der Waals surface area contributed by atoms with Crippen molar-refractivity contribution in [3.05, 3.63) is 57.0 Å². The molecular weight excluding hydrogens is 393 g/mol. The molecule has 8 nitrogen and oxygen atoms in total. The normalized spacial score (nSPS) is 10.9. The first-order valence-corrected chi connectivity index (χ1v) is 8.60. The fraction of sp³-hybridized carbons (Fsp3) is 0.222. The maximum absolute atomic E-state index is 13.2. The second-order valence-electron chi connectivity index (χ2n) is 5.79. The molecular formula is C18H15ClFN3O5. The first-order chi connectivity index (χ1) is 13.3. The van der Waals surface area contributed by atoms with Gasteiger partial charge >= 0.3 is 5.97 Å². The van der Waals surface area contributed by atoms with Crippen molar-refractivity contribution < 1.29 is 23.1 Å². The highest BCUT2D eigenvalue weighted by Crippen LogP contribution is 2.22. The van der Waals surface area contributed by atoms with Gasteiger partial charge in [-0.3, -0.25) is 14.2 Å². The Morgan fingerprint density at radius 3 is 2.82 bits per heavy atom. The number of carbonyl (C=O) groups is 2. The maximum atomic E-state index is 13.2. The smallest absolute Gasteiger partial charge is 0.342 e. The van der Waals surface area contributed by atoms with E-state index in [-0.39, 0.29) is 46.3 Å². The number of aryl methyl sites for hydroxylation is 1. The van der Waals surface area contributed by atoms with Crippen LogP contribution in [0.3, 0.4) is 0 Å². The van der Waals surface area contributed by atoms with E-state index in [0.717, 1.165) is 17.0 Å². The highest BCUT2D eigenvalue weighted by molar-refractivity contribution is 6.31. The lowest BCUT2D eigenvalue weighted by Gasteiger charge is -2.08. The van der Waals surface area contributed by atoms with Gasteiger partial charge in [0.1, 0.15) is 35.4 Å². The summed E-state index contributed by atoms with van der Waals surface area (Å²) in [6.07, 6.45) is 1.14. The Morgan fingerprint density at radius 1 is 1.39 bits per heavy atom. The summed E-state index contributed by atoms with van der Waals surface area (Å²) in [4.78, 5) is 41.1. The molecule has 0 unspecified atom stereocenters. The first-order valence-electron chi connectivity index (χ1n) is 8.22. The molecule has 146 valence electrons. The van der Waals surface area contributed by atoms with Crippen molar-refractivity contribution >= 4 is 40.3 Å². The summed E-state index contributed by atoms with van der Waals surface area (Å²) in [5.41, 5.74) is -0.399. The Balaban J connectivity index is 1.91. The van der Waals surface area contributed by atoms with Crippen molar-refractivity contribution in [1.82, 2.24) is 9.55 Å². The van der Waals surface area contributed by atoms with E-state index in [0.29, 0.717) is 0 Å². The average Bonchev–Trinajstić information content (AvgIpc) is 2.98. The number of halogens is 2. The molecule has 1 amide bonds. The van der Waals surface area contributed by atoms with Crippen LogP contribution in [0.2, 0.25) is 5.02 Å². The van der Waals surface area contributed by atoms with Crippen molar-refractivity contribution in [2.45, 2.75) is 20.4 Å². The molecule has 0 fully saturated rings. The minimum Gasteiger partial charge on any atom is -0.462 e. The molecule has 2 aromatic heterocycles. The quantitative estimate of drug-likeness (QED) is 0.652. The third kappa shape index (κ3) is 3.74. The van der Waals surface area contributed by atoms with Crippen LogP contribution < -0.4 is 10.9 Å². The van der Waals surface area contributed by atoms with Gasteiger partial charge in [0.2, 0.25) is 11.6 Å². The number of ether oxygens (including phenoxy) is 1. The molecule has 1 aromatic carbocycles. The third-order valence-corrected chi connectivity index (χ3v) is 4.14. The zero-order valence-electron chi connectivity index (χ0n) is 14.9. The minimum atomic E-state index is -0.708. The second kappa shape index (κ2) is 7.81. The minimum absolute atomic E-state index is 0.0191. The zero-order chi connectivity index (χ0) is 20.4. The van der Waals surface area contributed by atoms with Gasteiger partial charge < -0.3 is 14.5 Å². The topological polar surface area (TPSA) is 103 Å². The van der Waals surface area contributed by atoms with Crippen LogP contribution in [0.25, 0.3) is 11.1 Å². The summed E-state index contributed by atoms with van der Waals surface area (Å²) >= 11 is 5.68. The lowest BCUT2D eigenvalue weighted by atomic mass is 10.2. The summed E-state index contributed by atoms with van der Waals surface area (Å²) in [6.45, 7) is 2.89. The van der Waals surface area contributed by atoms with Crippen molar-refractivity contribution in [2.24, 2.45) is 0 Å². The average molecular weight is 408 g/mol. The predicted octanol–water partition coefficient (Wildman–Crippen LogP) is 2.91. The summed E-state index contributed by atoms with van der Waals surface area (Å²) in [5.74, 6) is -1.70. The Morgan fingerprint density at radius 2 is 2.14 bits per heavy atom. The fourth-order valence-electron chi connectivity index (χ4n) is 2.63. The number of carbonyl (C=O) groups excluding carboxylic acids is 2. The molecule has 0 atom stereocenters. The van der Waals surface area contributed by atoms with Gasteiger partial charge in [0.15, 0.2) is 0 Å². The number of nitrogens with one attached hydrogen (secondary N) is 1. The molecule has 0 spiro atoms. The summed E-state index contributed by atoms with van der Waals surface area (Å²) < 4.78 is 24.5. The van der Waals surface area contributed by atoms with E-state index in [2.05, 4.69) is 10.3 Å². The van der Waals surface area contributed by atoms with E-state index in [4.69, 9.17) is 20.8 Å². The monoisotopic (exact) mass is 407 g/mol. The maximum Gasteiger partial charge on any atom is 0.342 e. The predicted molar refractivity (Wildman–Crippen MR) is 99.0 cm³/mol. The first kappa shape index (κ1) is 19.6. The number of fused-ring (bicyclic) bond motifs is 1. The number of hydrogen-bond acceptors (Lipinski definition) is 6.